The SMILES string of the molecule is NC(N)=NCCC[C@@H](NC(=O)[C@H](Cc1ccccc1)NC(=O)OCc1ccccc1)C(=O)[N+](=O)[O-]. The van der Waals surface area contributed by atoms with Gasteiger partial charge in [0.15, 0.2) is 12.0 Å². The van der Waals surface area contributed by atoms with Crippen molar-refractivity contribution in [3.8, 4) is 0 Å². The number of nitrogens with two attached hydrogens (primary N) is 2. The number of carbonyl (C=O) groups is 3. The van der Waals surface area contributed by atoms with Crippen molar-refractivity contribution < 1.29 is 24.0 Å². The molecule has 0 aliphatic heterocycles. The van der Waals surface area contributed by atoms with E-state index in [1.54, 1.807) is 54.6 Å². The third-order valence-electron chi connectivity index (χ3n) is 4.84. The van der Waals surface area contributed by atoms with Crippen molar-refractivity contribution in [1.82, 2.24) is 10.6 Å². The topological polar surface area (TPSA) is 192 Å². The van der Waals surface area contributed by atoms with Gasteiger partial charge in [0.25, 0.3) is 0 Å². The highest BCUT2D eigenvalue weighted by atomic mass is 16.6. The van der Waals surface area contributed by atoms with Crippen molar-refractivity contribution in [2.45, 2.75) is 38.0 Å². The molecule has 3 amide bonds. The Kier molecular flexibility index (Phi) is 10.7. The highest BCUT2D eigenvalue weighted by molar-refractivity contribution is 5.89. The van der Waals surface area contributed by atoms with Gasteiger partial charge in [-0.15, -0.1) is 0 Å². The summed E-state index contributed by atoms with van der Waals surface area (Å²) in [6, 6.07) is 15.2. The summed E-state index contributed by atoms with van der Waals surface area (Å²) in [4.78, 5) is 51.2. The van der Waals surface area contributed by atoms with Gasteiger partial charge in [0.2, 0.25) is 5.91 Å². The summed E-state index contributed by atoms with van der Waals surface area (Å²) in [7, 11) is 0. The molecule has 0 heterocycles. The Hall–Kier alpha value is -4.48. The fraction of sp³-hybridized carbons (Fsp3) is 0.304. The first kappa shape index (κ1) is 26.8. The highest BCUT2D eigenvalue weighted by Gasteiger charge is 2.33. The molecule has 2 aromatic carbocycles. The van der Waals surface area contributed by atoms with Gasteiger partial charge < -0.3 is 26.8 Å². The van der Waals surface area contributed by atoms with Crippen molar-refractivity contribution in [2.75, 3.05) is 6.54 Å². The van der Waals surface area contributed by atoms with Gasteiger partial charge in [0.1, 0.15) is 17.6 Å². The lowest BCUT2D eigenvalue weighted by molar-refractivity contribution is -0.404. The van der Waals surface area contributed by atoms with Crippen LogP contribution in [0.1, 0.15) is 24.0 Å². The Labute approximate surface area is 201 Å². The van der Waals surface area contributed by atoms with Gasteiger partial charge >= 0.3 is 12.0 Å². The van der Waals surface area contributed by atoms with E-state index >= 15 is 0 Å². The van der Waals surface area contributed by atoms with Crippen molar-refractivity contribution in [3.63, 3.8) is 0 Å². The van der Waals surface area contributed by atoms with Gasteiger partial charge in [0.05, 0.1) is 0 Å². The summed E-state index contributed by atoms with van der Waals surface area (Å²) in [6.45, 7) is 0.108. The molecular formula is C23H28N6O6. The molecule has 0 fully saturated rings. The smallest absolute Gasteiger partial charge is 0.445 e. The summed E-state index contributed by atoms with van der Waals surface area (Å²) in [5, 5.41) is 15.9. The number of nitro groups is 1. The van der Waals surface area contributed by atoms with Gasteiger partial charge in [-0.1, -0.05) is 60.7 Å². The average Bonchev–Trinajstić information content (AvgIpc) is 2.84. The van der Waals surface area contributed by atoms with Crippen molar-refractivity contribution in [1.29, 1.82) is 0 Å². The van der Waals surface area contributed by atoms with E-state index in [-0.39, 0.29) is 38.4 Å². The molecule has 0 aromatic heterocycles. The van der Waals surface area contributed by atoms with E-state index in [9.17, 15) is 24.5 Å². The summed E-state index contributed by atoms with van der Waals surface area (Å²) < 4.78 is 5.20. The predicted molar refractivity (Wildman–Crippen MR) is 128 cm³/mol. The number of rotatable bonds is 12. The van der Waals surface area contributed by atoms with Crippen LogP contribution in [0.3, 0.4) is 0 Å². The molecule has 186 valence electrons. The van der Waals surface area contributed by atoms with E-state index in [1.165, 1.54) is 0 Å². The Morgan fingerprint density at radius 1 is 0.943 bits per heavy atom. The number of aliphatic imine (C=N–C) groups is 1. The molecule has 0 spiro atoms. The number of hydrogen-bond donors (Lipinski definition) is 4. The standard InChI is InChI=1S/C23H28N6O6/c24-22(25)26-13-7-12-18(21(31)29(33)34)27-20(30)19(14-16-8-3-1-4-9-16)28-23(32)35-15-17-10-5-2-6-11-17/h1-6,8-11,18-19H,7,12-15H2,(H,27,30)(H,28,32)(H4,24,25,26)/t18-,19+/m1/s1. The van der Waals surface area contributed by atoms with Crippen LogP contribution in [0.2, 0.25) is 0 Å². The molecule has 6 N–H and O–H groups in total. The molecule has 2 aromatic rings. The molecule has 0 saturated heterocycles. The van der Waals surface area contributed by atoms with E-state index < -0.39 is 34.9 Å². The number of amides is 3. The summed E-state index contributed by atoms with van der Waals surface area (Å²) in [5.74, 6) is -2.31. The number of hydrogen-bond acceptors (Lipinski definition) is 7. The van der Waals surface area contributed by atoms with E-state index in [1.807, 2.05) is 6.07 Å². The lowest BCUT2D eigenvalue weighted by atomic mass is 10.0. The van der Waals surface area contributed by atoms with Crippen LogP contribution in [0.25, 0.3) is 0 Å². The predicted octanol–water partition coefficient (Wildman–Crippen LogP) is 0.866. The molecule has 0 aliphatic rings. The lowest BCUT2D eigenvalue weighted by Crippen LogP contribution is -2.53. The minimum Gasteiger partial charge on any atom is -0.445 e. The largest absolute Gasteiger partial charge is 0.466 e. The van der Waals surface area contributed by atoms with Gasteiger partial charge in [-0.05, 0) is 24.0 Å². The number of carbonyl (C=O) groups excluding carboxylic acids is 3. The molecular weight excluding hydrogens is 456 g/mol. The van der Waals surface area contributed by atoms with Crippen LogP contribution >= 0.6 is 0 Å². The fourth-order valence-corrected chi connectivity index (χ4v) is 3.13. The molecule has 0 aliphatic carbocycles. The van der Waals surface area contributed by atoms with Crippen LogP contribution in [0.5, 0.6) is 0 Å². The summed E-state index contributed by atoms with van der Waals surface area (Å²) in [6.07, 6.45) is -0.646. The second kappa shape index (κ2) is 13.9. The minimum atomic E-state index is -1.42. The van der Waals surface area contributed by atoms with E-state index in [0.29, 0.717) is 0 Å². The van der Waals surface area contributed by atoms with Crippen LogP contribution < -0.4 is 22.1 Å². The van der Waals surface area contributed by atoms with Crippen LogP contribution in [0, 0.1) is 10.1 Å². The van der Waals surface area contributed by atoms with Crippen LogP contribution in [-0.4, -0.2) is 47.4 Å². The molecule has 0 bridgehead atoms. The number of benzene rings is 2. The molecule has 2 rings (SSSR count). The van der Waals surface area contributed by atoms with Crippen LogP contribution in [0.15, 0.2) is 65.7 Å². The molecule has 0 radical (unpaired) electrons. The molecule has 12 nitrogen and oxygen atoms in total. The number of nitrogens with one attached hydrogen (secondary N) is 2. The maximum absolute atomic E-state index is 13.0. The zero-order valence-electron chi connectivity index (χ0n) is 19.0. The fourth-order valence-electron chi connectivity index (χ4n) is 3.13. The van der Waals surface area contributed by atoms with Crippen molar-refractivity contribution in [3.05, 3.63) is 81.9 Å². The molecule has 2 atom stereocenters. The summed E-state index contributed by atoms with van der Waals surface area (Å²) in [5.41, 5.74) is 12.0. The van der Waals surface area contributed by atoms with Gasteiger partial charge in [-0.25, -0.2) is 9.59 Å². The van der Waals surface area contributed by atoms with E-state index in [4.69, 9.17) is 16.2 Å². The summed E-state index contributed by atoms with van der Waals surface area (Å²) >= 11 is 0. The minimum absolute atomic E-state index is 0.0143. The first-order valence-corrected chi connectivity index (χ1v) is 10.8. The Morgan fingerprint density at radius 3 is 2.11 bits per heavy atom. The van der Waals surface area contributed by atoms with Gasteiger partial charge in [-0.3, -0.25) is 19.9 Å². The zero-order valence-corrected chi connectivity index (χ0v) is 19.0. The third kappa shape index (κ3) is 9.90. The molecule has 12 heteroatoms. The maximum Gasteiger partial charge on any atom is 0.466 e. The third-order valence-corrected chi connectivity index (χ3v) is 4.84. The lowest BCUT2D eigenvalue weighted by Gasteiger charge is -2.21. The van der Waals surface area contributed by atoms with E-state index in [2.05, 4.69) is 15.6 Å². The normalized spacial score (nSPS) is 12.0. The number of ether oxygens (including phenoxy) is 1. The highest BCUT2D eigenvalue weighted by Crippen LogP contribution is 2.07. The number of alkyl carbamates (subject to hydrolysis) is 1. The molecule has 35 heavy (non-hydrogen) atoms. The molecule has 0 saturated carbocycles. The van der Waals surface area contributed by atoms with Crippen molar-refractivity contribution in [2.24, 2.45) is 16.5 Å². The van der Waals surface area contributed by atoms with Gasteiger partial charge in [-0.2, -0.15) is 0 Å². The zero-order chi connectivity index (χ0) is 25.6. The Morgan fingerprint density at radius 2 is 1.54 bits per heavy atom. The second-order valence-electron chi connectivity index (χ2n) is 7.55. The Balaban J connectivity index is 2.10. The second-order valence-corrected chi connectivity index (χ2v) is 7.55. The number of nitrogens with zero attached hydrogens (tertiary/aromatic N) is 2. The maximum atomic E-state index is 13.0. The van der Waals surface area contributed by atoms with Crippen molar-refractivity contribution >= 4 is 23.9 Å². The van der Waals surface area contributed by atoms with Crippen LogP contribution in [0.4, 0.5) is 4.79 Å². The first-order valence-electron chi connectivity index (χ1n) is 10.8. The van der Waals surface area contributed by atoms with Gasteiger partial charge in [0, 0.05) is 13.0 Å². The quantitative estimate of drug-likeness (QED) is 0.112. The Bertz CT molecular complexity index is 1030. The monoisotopic (exact) mass is 484 g/mol. The number of guanidine groups is 1. The molecule has 0 unspecified atom stereocenters. The first-order chi connectivity index (χ1) is 16.8. The van der Waals surface area contributed by atoms with E-state index in [0.717, 1.165) is 11.1 Å². The van der Waals surface area contributed by atoms with Crippen LogP contribution in [-0.2, 0) is 27.4 Å². The average molecular weight is 485 g/mol.